The lowest BCUT2D eigenvalue weighted by atomic mass is 9.86. The quantitative estimate of drug-likeness (QED) is 0.185. The number of benzene rings is 4. The summed E-state index contributed by atoms with van der Waals surface area (Å²) in [5, 5.41) is 17.2. The summed E-state index contributed by atoms with van der Waals surface area (Å²) in [6.07, 6.45) is 6.39. The Labute approximate surface area is 260 Å². The van der Waals surface area contributed by atoms with Gasteiger partial charge in [-0.25, -0.2) is 9.36 Å². The average Bonchev–Trinajstić information content (AvgIpc) is 3.67. The molecule has 224 valence electrons. The molecule has 1 saturated carbocycles. The number of ketones is 1. The fourth-order valence-electron chi connectivity index (χ4n) is 6.00. The van der Waals surface area contributed by atoms with E-state index in [4.69, 9.17) is 9.47 Å². The molecule has 0 unspecified atom stereocenters. The number of Topliss-reactive ketones (excluding diaryl/α,β-unsaturated/α-hetero) is 1. The van der Waals surface area contributed by atoms with Gasteiger partial charge in [-0.1, -0.05) is 46.8 Å². The second kappa shape index (κ2) is 12.2. The van der Waals surface area contributed by atoms with Crippen molar-refractivity contribution in [2.24, 2.45) is 0 Å². The van der Waals surface area contributed by atoms with Gasteiger partial charge in [-0.05, 0) is 91.1 Å². The Morgan fingerprint density at radius 1 is 0.667 bits per heavy atom. The van der Waals surface area contributed by atoms with Crippen molar-refractivity contribution in [1.29, 1.82) is 0 Å². The Morgan fingerprint density at radius 2 is 1.13 bits per heavy atom. The van der Waals surface area contributed by atoms with Gasteiger partial charge >= 0.3 is 0 Å². The van der Waals surface area contributed by atoms with Crippen molar-refractivity contribution in [1.82, 2.24) is 30.0 Å². The van der Waals surface area contributed by atoms with Crippen molar-refractivity contribution >= 4 is 40.0 Å². The Hall–Kier alpha value is -5.57. The largest absolute Gasteiger partial charge is 0.496 e. The van der Waals surface area contributed by atoms with Gasteiger partial charge in [-0.2, -0.15) is 0 Å². The smallest absolute Gasteiger partial charge is 0.185 e. The maximum atomic E-state index is 13.7. The normalized spacial score (nSPS) is 15.4. The number of allylic oxidation sites excluding steroid dienone is 2. The van der Waals surface area contributed by atoms with Crippen LogP contribution in [0.3, 0.4) is 0 Å². The number of para-hydroxylation sites is 2. The van der Waals surface area contributed by atoms with Crippen LogP contribution in [0.4, 0.5) is 0 Å². The van der Waals surface area contributed by atoms with Gasteiger partial charge in [-0.15, -0.1) is 10.2 Å². The molecule has 1 fully saturated rings. The molecule has 6 aromatic rings. The predicted octanol–water partition coefficient (Wildman–Crippen LogP) is 6.51. The number of carbonyl (C=O) groups excluding carboxylic acids is 1. The molecule has 45 heavy (non-hydrogen) atoms. The van der Waals surface area contributed by atoms with Crippen molar-refractivity contribution in [3.63, 3.8) is 0 Å². The molecule has 0 bridgehead atoms. The van der Waals surface area contributed by atoms with Crippen molar-refractivity contribution in [3.05, 3.63) is 118 Å². The number of rotatable bonds is 8. The first kappa shape index (κ1) is 28.2. The minimum Gasteiger partial charge on any atom is -0.496 e. The third-order valence-electron chi connectivity index (χ3n) is 8.25. The van der Waals surface area contributed by atoms with Crippen molar-refractivity contribution in [2.45, 2.75) is 32.4 Å². The number of hydrogen-bond acceptors (Lipinski definition) is 7. The monoisotopic (exact) mass is 596 g/mol. The number of hydrogen-bond donors (Lipinski definition) is 0. The molecular weight excluding hydrogens is 564 g/mol. The fourth-order valence-corrected chi connectivity index (χ4v) is 6.00. The van der Waals surface area contributed by atoms with Gasteiger partial charge in [0.1, 0.15) is 22.5 Å². The van der Waals surface area contributed by atoms with E-state index in [0.717, 1.165) is 86.2 Å². The Kier molecular flexibility index (Phi) is 7.65. The number of ether oxygens (including phenoxy) is 2. The molecular formula is C36H32N6O3. The van der Waals surface area contributed by atoms with E-state index in [0.29, 0.717) is 13.1 Å². The van der Waals surface area contributed by atoms with E-state index >= 15 is 0 Å². The molecule has 4 aromatic carbocycles. The van der Waals surface area contributed by atoms with Crippen LogP contribution in [0.25, 0.3) is 34.2 Å². The zero-order valence-electron chi connectivity index (χ0n) is 25.2. The van der Waals surface area contributed by atoms with Gasteiger partial charge in [0, 0.05) is 22.3 Å². The van der Waals surface area contributed by atoms with Gasteiger partial charge < -0.3 is 9.47 Å². The lowest BCUT2D eigenvalue weighted by molar-refractivity contribution is -0.112. The van der Waals surface area contributed by atoms with Crippen LogP contribution in [0, 0.1) is 0 Å². The van der Waals surface area contributed by atoms with Crippen LogP contribution in [0.1, 0.15) is 41.5 Å². The first-order chi connectivity index (χ1) is 22.1. The summed E-state index contributed by atoms with van der Waals surface area (Å²) in [6.45, 7) is 1.01. The Bertz CT molecular complexity index is 1960. The van der Waals surface area contributed by atoms with Crippen molar-refractivity contribution < 1.29 is 14.3 Å². The summed E-state index contributed by atoms with van der Waals surface area (Å²) in [7, 11) is 3.33. The Morgan fingerprint density at radius 3 is 1.60 bits per heavy atom. The second-order valence-electron chi connectivity index (χ2n) is 11.1. The third-order valence-corrected chi connectivity index (χ3v) is 8.25. The molecule has 0 spiro atoms. The highest BCUT2D eigenvalue weighted by Gasteiger charge is 2.21. The van der Waals surface area contributed by atoms with Crippen LogP contribution < -0.4 is 9.47 Å². The number of carbonyl (C=O) groups is 1. The zero-order valence-corrected chi connectivity index (χ0v) is 25.2. The van der Waals surface area contributed by atoms with E-state index in [1.165, 1.54) is 0 Å². The number of nitrogens with zero attached hydrogens (tertiary/aromatic N) is 6. The maximum Gasteiger partial charge on any atom is 0.185 e. The van der Waals surface area contributed by atoms with Crippen molar-refractivity contribution in [2.75, 3.05) is 14.2 Å². The molecule has 0 saturated heterocycles. The van der Waals surface area contributed by atoms with Gasteiger partial charge in [0.15, 0.2) is 5.78 Å². The fraction of sp³-hybridized carbons (Fsp3) is 0.194. The first-order valence-electron chi connectivity index (χ1n) is 15.0. The molecule has 1 aliphatic rings. The standard InChI is InChI=1S/C36H32N6O3/c1-44-34-16-14-24(20-28(34)22-41-32-12-5-3-10-30(32)37-39-41)18-26-8-7-9-27(36(26)43)19-25-15-17-35(45-2)29(21-25)23-42-33-13-6-4-11-31(33)38-40-42/h3-6,10-21H,7-9,22-23H2,1-2H3/b26-18+,27-19+. The zero-order chi connectivity index (χ0) is 30.8. The van der Waals surface area contributed by atoms with E-state index in [9.17, 15) is 4.79 Å². The van der Waals surface area contributed by atoms with Crippen molar-refractivity contribution in [3.8, 4) is 11.5 Å². The second-order valence-corrected chi connectivity index (χ2v) is 11.1. The lowest BCUT2D eigenvalue weighted by Gasteiger charge is -2.17. The molecule has 0 N–H and O–H groups in total. The van der Waals surface area contributed by atoms with Crippen LogP contribution in [-0.4, -0.2) is 50.0 Å². The summed E-state index contributed by atoms with van der Waals surface area (Å²) in [5.41, 5.74) is 9.04. The summed E-state index contributed by atoms with van der Waals surface area (Å²) >= 11 is 0. The van der Waals surface area contributed by atoms with Gasteiger partial charge in [0.25, 0.3) is 0 Å². The molecule has 1 aliphatic carbocycles. The molecule has 9 nitrogen and oxygen atoms in total. The minimum atomic E-state index is 0.0838. The van der Waals surface area contributed by atoms with Gasteiger partial charge in [-0.3, -0.25) is 4.79 Å². The molecule has 2 aromatic heterocycles. The van der Waals surface area contributed by atoms with Gasteiger partial charge in [0.05, 0.1) is 38.3 Å². The van der Waals surface area contributed by atoms with E-state index in [-0.39, 0.29) is 5.78 Å². The molecule has 0 amide bonds. The topological polar surface area (TPSA) is 97.0 Å². The molecule has 0 radical (unpaired) electrons. The number of fused-ring (bicyclic) bond motifs is 2. The molecule has 0 atom stereocenters. The predicted molar refractivity (Wildman–Crippen MR) is 174 cm³/mol. The summed E-state index contributed by atoms with van der Waals surface area (Å²) in [5.74, 6) is 1.61. The molecule has 9 heteroatoms. The number of aromatic nitrogens is 6. The number of methoxy groups -OCH3 is 2. The van der Waals surface area contributed by atoms with Crippen LogP contribution in [0.15, 0.2) is 96.1 Å². The average molecular weight is 597 g/mol. The summed E-state index contributed by atoms with van der Waals surface area (Å²) in [4.78, 5) is 13.7. The van der Waals surface area contributed by atoms with E-state index in [1.54, 1.807) is 14.2 Å². The van der Waals surface area contributed by atoms with Crippen LogP contribution in [0.5, 0.6) is 11.5 Å². The molecule has 7 rings (SSSR count). The molecule has 0 aliphatic heterocycles. The maximum absolute atomic E-state index is 13.7. The first-order valence-corrected chi connectivity index (χ1v) is 15.0. The SMILES string of the molecule is COc1ccc(/C=C2\CCC/C(=C\c3ccc(OC)c(Cn4nnc5ccccc54)c3)C2=O)cc1Cn1nnc2ccccc21. The summed E-state index contributed by atoms with van der Waals surface area (Å²) in [6, 6.07) is 27.8. The lowest BCUT2D eigenvalue weighted by Crippen LogP contribution is -2.12. The van der Waals surface area contributed by atoms with Crippen LogP contribution in [0.2, 0.25) is 0 Å². The van der Waals surface area contributed by atoms with Crippen LogP contribution >= 0.6 is 0 Å². The Balaban J connectivity index is 1.15. The third kappa shape index (κ3) is 5.72. The van der Waals surface area contributed by atoms with E-state index < -0.39 is 0 Å². The van der Waals surface area contributed by atoms with E-state index in [1.807, 2.05) is 94.3 Å². The highest BCUT2D eigenvalue weighted by atomic mass is 16.5. The van der Waals surface area contributed by atoms with Crippen LogP contribution in [-0.2, 0) is 17.9 Å². The highest BCUT2D eigenvalue weighted by Crippen LogP contribution is 2.31. The highest BCUT2D eigenvalue weighted by molar-refractivity contribution is 6.14. The molecule has 2 heterocycles. The van der Waals surface area contributed by atoms with Gasteiger partial charge in [0.2, 0.25) is 0 Å². The van der Waals surface area contributed by atoms with E-state index in [2.05, 4.69) is 32.8 Å². The summed E-state index contributed by atoms with van der Waals surface area (Å²) < 4.78 is 15.1. The minimum absolute atomic E-state index is 0.0838.